The first-order valence-electron chi connectivity index (χ1n) is 14.1. The van der Waals surface area contributed by atoms with Crippen LogP contribution in [0.15, 0.2) is 72.9 Å². The zero-order chi connectivity index (χ0) is 30.7. The van der Waals surface area contributed by atoms with E-state index in [1.165, 1.54) is 12.1 Å². The second-order valence-corrected chi connectivity index (χ2v) is 10.8. The summed E-state index contributed by atoms with van der Waals surface area (Å²) < 4.78 is 7.56. The molecule has 0 radical (unpaired) electrons. The number of aromatic nitrogens is 2. The summed E-state index contributed by atoms with van der Waals surface area (Å²) in [5, 5.41) is 18.6. The van der Waals surface area contributed by atoms with Gasteiger partial charge in [0.25, 0.3) is 5.69 Å². The molecule has 0 aliphatic carbocycles. The Morgan fingerprint density at radius 1 is 1.14 bits per heavy atom. The molecule has 11 heteroatoms. The van der Waals surface area contributed by atoms with Crippen molar-refractivity contribution in [3.05, 3.63) is 111 Å². The molecule has 2 aromatic carbocycles. The van der Waals surface area contributed by atoms with Crippen LogP contribution in [0.5, 0.6) is 5.75 Å². The topological polar surface area (TPSA) is 115 Å². The molecule has 0 saturated carbocycles. The minimum absolute atomic E-state index is 0.0304. The molecule has 2 N–H and O–H groups in total. The molecular weight excluding hydrogens is 564 g/mol. The minimum atomic E-state index is -0.417. The average molecular weight is 599 g/mol. The molecule has 1 fully saturated rings. The fourth-order valence-electron chi connectivity index (χ4n) is 5.79. The summed E-state index contributed by atoms with van der Waals surface area (Å²) in [4.78, 5) is 31.0. The second-order valence-electron chi connectivity index (χ2n) is 10.4. The smallest absolute Gasteiger partial charge is 0.271 e. The van der Waals surface area contributed by atoms with E-state index in [2.05, 4.69) is 28.6 Å². The van der Waals surface area contributed by atoms with E-state index in [-0.39, 0.29) is 30.1 Å². The number of hydrogen-bond acceptors (Lipinski definition) is 6. The molecule has 0 bridgehead atoms. The van der Waals surface area contributed by atoms with E-state index in [1.54, 1.807) is 19.4 Å². The van der Waals surface area contributed by atoms with E-state index in [9.17, 15) is 14.9 Å². The number of ether oxygens (including phenoxy) is 1. The van der Waals surface area contributed by atoms with Gasteiger partial charge in [0.05, 0.1) is 35.5 Å². The van der Waals surface area contributed by atoms with E-state index in [0.29, 0.717) is 23.1 Å². The number of benzene rings is 2. The molecule has 1 aliphatic rings. The molecule has 0 spiro atoms. The van der Waals surface area contributed by atoms with E-state index >= 15 is 0 Å². The minimum Gasteiger partial charge on any atom is -0.495 e. The Morgan fingerprint density at radius 3 is 2.60 bits per heavy atom. The fraction of sp³-hybridized carbons (Fsp3) is 0.281. The lowest BCUT2D eigenvalue weighted by molar-refractivity contribution is -0.384. The number of non-ortho nitro benzene ring substituents is 1. The van der Waals surface area contributed by atoms with Gasteiger partial charge in [-0.2, -0.15) is 0 Å². The molecule has 4 aromatic rings. The van der Waals surface area contributed by atoms with Crippen LogP contribution in [-0.2, 0) is 11.2 Å². The van der Waals surface area contributed by atoms with Gasteiger partial charge in [0, 0.05) is 48.4 Å². The summed E-state index contributed by atoms with van der Waals surface area (Å²) in [6.45, 7) is 6.36. The predicted octanol–water partition coefficient (Wildman–Crippen LogP) is 5.97. The van der Waals surface area contributed by atoms with Crippen molar-refractivity contribution in [1.82, 2.24) is 19.8 Å². The number of thiocarbonyl (C=S) groups is 1. The van der Waals surface area contributed by atoms with Gasteiger partial charge in [0.1, 0.15) is 5.75 Å². The van der Waals surface area contributed by atoms with Gasteiger partial charge in [-0.3, -0.25) is 19.9 Å². The highest BCUT2D eigenvalue weighted by atomic mass is 32.1. The Morgan fingerprint density at radius 2 is 1.91 bits per heavy atom. The summed E-state index contributed by atoms with van der Waals surface area (Å²) >= 11 is 5.83. The van der Waals surface area contributed by atoms with Crippen molar-refractivity contribution in [2.24, 2.45) is 0 Å². The van der Waals surface area contributed by atoms with Crippen LogP contribution in [0.3, 0.4) is 0 Å². The normalized spacial score (nSPS) is 16.2. The Kier molecular flexibility index (Phi) is 8.72. The van der Waals surface area contributed by atoms with E-state index in [1.807, 2.05) is 65.8 Å². The number of methoxy groups -OCH3 is 1. The average Bonchev–Trinajstić information content (AvgIpc) is 3.50. The molecule has 2 aromatic heterocycles. The van der Waals surface area contributed by atoms with E-state index in [0.717, 1.165) is 40.3 Å². The van der Waals surface area contributed by atoms with Gasteiger partial charge in [0.2, 0.25) is 5.91 Å². The number of carbonyl (C=O) groups is 1. The molecule has 10 nitrogen and oxygen atoms in total. The molecule has 5 rings (SSSR count). The number of rotatable bonds is 10. The van der Waals surface area contributed by atoms with Gasteiger partial charge in [-0.25, -0.2) is 0 Å². The van der Waals surface area contributed by atoms with Crippen LogP contribution < -0.4 is 15.4 Å². The number of carbonyl (C=O) groups excluding carboxylic acids is 1. The van der Waals surface area contributed by atoms with Crippen LogP contribution in [0.1, 0.15) is 53.6 Å². The molecular formula is C32H34N6O4S. The Balaban J connectivity index is 1.52. The number of aryl methyl sites for hydroxylation is 2. The number of nitro groups is 1. The van der Waals surface area contributed by atoms with Crippen LogP contribution >= 0.6 is 12.2 Å². The number of nitro benzene ring substituents is 1. The maximum atomic E-state index is 13.1. The highest BCUT2D eigenvalue weighted by Crippen LogP contribution is 2.42. The fourth-order valence-corrected chi connectivity index (χ4v) is 6.13. The van der Waals surface area contributed by atoms with Crippen molar-refractivity contribution in [2.75, 3.05) is 19.0 Å². The van der Waals surface area contributed by atoms with Gasteiger partial charge in [-0.1, -0.05) is 31.2 Å². The summed E-state index contributed by atoms with van der Waals surface area (Å²) in [7, 11) is 1.54. The number of anilines is 1. The van der Waals surface area contributed by atoms with Gasteiger partial charge in [-0.15, -0.1) is 0 Å². The quantitative estimate of drug-likeness (QED) is 0.130. The zero-order valence-electron chi connectivity index (χ0n) is 24.5. The first-order chi connectivity index (χ1) is 20.7. The summed E-state index contributed by atoms with van der Waals surface area (Å²) in [6.07, 6.45) is 2.79. The first kappa shape index (κ1) is 29.7. The van der Waals surface area contributed by atoms with Crippen molar-refractivity contribution in [3.63, 3.8) is 0 Å². The van der Waals surface area contributed by atoms with Crippen LogP contribution in [-0.4, -0.2) is 44.0 Å². The van der Waals surface area contributed by atoms with Crippen LogP contribution in [0.4, 0.5) is 11.4 Å². The van der Waals surface area contributed by atoms with Gasteiger partial charge < -0.3 is 24.8 Å². The largest absolute Gasteiger partial charge is 0.495 e. The van der Waals surface area contributed by atoms with E-state index < -0.39 is 4.92 Å². The summed E-state index contributed by atoms with van der Waals surface area (Å²) in [6, 6.07) is 19.6. The van der Waals surface area contributed by atoms with Crippen molar-refractivity contribution in [3.8, 4) is 11.4 Å². The third-order valence-electron chi connectivity index (χ3n) is 7.85. The molecule has 2 atom stereocenters. The van der Waals surface area contributed by atoms with Crippen molar-refractivity contribution in [1.29, 1.82) is 0 Å². The van der Waals surface area contributed by atoms with Gasteiger partial charge in [-0.05, 0) is 73.9 Å². The molecule has 1 aliphatic heterocycles. The maximum absolute atomic E-state index is 13.1. The number of nitrogens with zero attached hydrogens (tertiary/aromatic N) is 4. The number of para-hydroxylation sites is 1. The monoisotopic (exact) mass is 598 g/mol. The first-order valence-corrected chi connectivity index (χ1v) is 14.5. The maximum Gasteiger partial charge on any atom is 0.271 e. The third-order valence-corrected chi connectivity index (χ3v) is 8.21. The number of pyridine rings is 1. The number of nitrogens with one attached hydrogen (secondary N) is 2. The summed E-state index contributed by atoms with van der Waals surface area (Å²) in [5.74, 6) is 0.414. The lowest BCUT2D eigenvalue weighted by atomic mass is 9.96. The number of hydrogen-bond donors (Lipinski definition) is 2. The Bertz CT molecular complexity index is 1670. The highest BCUT2D eigenvalue weighted by molar-refractivity contribution is 7.80. The van der Waals surface area contributed by atoms with Crippen molar-refractivity contribution >= 4 is 34.6 Å². The lowest BCUT2D eigenvalue weighted by Crippen LogP contribution is -2.33. The SMILES string of the molecule is CCc1ccccc1NC(=O)CCN1C(=S)N[C@H](c2ccccn2)[C@H]1c1cc(C)n(-c2cc([N+](=O)[O-])ccc2OC)c1C. The highest BCUT2D eigenvalue weighted by Gasteiger charge is 2.41. The molecule has 43 heavy (non-hydrogen) atoms. The second kappa shape index (κ2) is 12.6. The van der Waals surface area contributed by atoms with Crippen molar-refractivity contribution < 1.29 is 14.5 Å². The van der Waals surface area contributed by atoms with Gasteiger partial charge in [0.15, 0.2) is 5.11 Å². The standard InChI is InChI=1S/C32H34N6O4S/c1-5-22-10-6-7-11-25(22)34-29(39)15-17-36-31(30(35-32(36)43)26-12-8-9-16-33-26)24-18-20(2)37(21(24)3)27-19-23(38(40)41)13-14-28(27)42-4/h6-14,16,18-19,30-31H,5,15,17H2,1-4H3,(H,34,39)(H,35,43)/t30-,31-/m1/s1. The Hall–Kier alpha value is -4.77. The van der Waals surface area contributed by atoms with Crippen LogP contribution in [0.2, 0.25) is 0 Å². The summed E-state index contributed by atoms with van der Waals surface area (Å²) in [5.41, 5.74) is 5.96. The van der Waals surface area contributed by atoms with Gasteiger partial charge >= 0.3 is 0 Å². The van der Waals surface area contributed by atoms with E-state index in [4.69, 9.17) is 17.0 Å². The molecule has 1 saturated heterocycles. The molecule has 3 heterocycles. The zero-order valence-corrected chi connectivity index (χ0v) is 25.4. The van der Waals surface area contributed by atoms with Crippen LogP contribution in [0, 0.1) is 24.0 Å². The molecule has 1 amide bonds. The Labute approximate surface area is 255 Å². The molecule has 222 valence electrons. The van der Waals surface area contributed by atoms with Crippen molar-refractivity contribution in [2.45, 2.75) is 45.7 Å². The van der Waals surface area contributed by atoms with Crippen LogP contribution in [0.25, 0.3) is 5.69 Å². The predicted molar refractivity (Wildman–Crippen MR) is 170 cm³/mol. The number of amides is 1. The third kappa shape index (κ3) is 5.94. The lowest BCUT2D eigenvalue weighted by Gasteiger charge is -2.28. The molecule has 0 unspecified atom stereocenters.